The Morgan fingerprint density at radius 3 is 2.38 bits per heavy atom. The van der Waals surface area contributed by atoms with Gasteiger partial charge >= 0.3 is 0 Å². The van der Waals surface area contributed by atoms with E-state index >= 15 is 0 Å². The van der Waals surface area contributed by atoms with Gasteiger partial charge in [-0.1, -0.05) is 19.8 Å². The second-order valence-electron chi connectivity index (χ2n) is 5.55. The van der Waals surface area contributed by atoms with Crippen molar-refractivity contribution in [1.29, 1.82) is 0 Å². The van der Waals surface area contributed by atoms with E-state index in [9.17, 15) is 0 Å². The molecule has 1 heterocycles. The zero-order valence-corrected chi connectivity index (χ0v) is 10.8. The summed E-state index contributed by atoms with van der Waals surface area (Å²) in [5.41, 5.74) is 0. The van der Waals surface area contributed by atoms with Gasteiger partial charge in [0.2, 0.25) is 0 Å². The molecule has 0 spiro atoms. The van der Waals surface area contributed by atoms with Crippen molar-refractivity contribution in [2.75, 3.05) is 13.2 Å². The first-order valence-electron chi connectivity index (χ1n) is 7.02. The second kappa shape index (κ2) is 6.02. The molecule has 0 aromatic heterocycles. The maximum atomic E-state index is 5.99. The van der Waals surface area contributed by atoms with E-state index in [1.807, 2.05) is 0 Å². The van der Waals surface area contributed by atoms with Crippen LogP contribution in [0.1, 0.15) is 52.4 Å². The van der Waals surface area contributed by atoms with Crippen molar-refractivity contribution < 1.29 is 9.47 Å². The fraction of sp³-hybridized carbons (Fsp3) is 1.00. The fourth-order valence-corrected chi connectivity index (χ4v) is 3.14. The van der Waals surface area contributed by atoms with Crippen molar-refractivity contribution in [1.82, 2.24) is 0 Å². The Bertz CT molecular complexity index is 189. The zero-order valence-electron chi connectivity index (χ0n) is 10.8. The van der Waals surface area contributed by atoms with Crippen LogP contribution in [0.5, 0.6) is 0 Å². The van der Waals surface area contributed by atoms with Gasteiger partial charge in [0, 0.05) is 6.61 Å². The molecule has 0 amide bonds. The lowest BCUT2D eigenvalue weighted by atomic mass is 9.78. The normalized spacial score (nSPS) is 40.9. The molecule has 2 nitrogen and oxygen atoms in total. The molecule has 1 aliphatic carbocycles. The number of ether oxygens (including phenoxy) is 2. The van der Waals surface area contributed by atoms with E-state index < -0.39 is 0 Å². The Balaban J connectivity index is 1.72. The zero-order chi connectivity index (χ0) is 11.4. The molecular weight excluding hydrogens is 200 g/mol. The summed E-state index contributed by atoms with van der Waals surface area (Å²) in [4.78, 5) is 0. The summed E-state index contributed by atoms with van der Waals surface area (Å²) in [7, 11) is 0. The molecule has 1 aliphatic heterocycles. The van der Waals surface area contributed by atoms with Crippen LogP contribution in [0, 0.1) is 11.8 Å². The lowest BCUT2D eigenvalue weighted by Gasteiger charge is -2.37. The van der Waals surface area contributed by atoms with Gasteiger partial charge in [-0.05, 0) is 44.4 Å². The third-order valence-corrected chi connectivity index (χ3v) is 4.26. The van der Waals surface area contributed by atoms with E-state index in [2.05, 4.69) is 13.8 Å². The molecule has 0 aromatic rings. The Morgan fingerprint density at radius 1 is 1.06 bits per heavy atom. The Hall–Kier alpha value is -0.0800. The number of hydrogen-bond donors (Lipinski definition) is 0. The van der Waals surface area contributed by atoms with E-state index in [4.69, 9.17) is 9.47 Å². The van der Waals surface area contributed by atoms with Gasteiger partial charge in [0.1, 0.15) is 0 Å². The van der Waals surface area contributed by atoms with Crippen molar-refractivity contribution in [3.8, 4) is 0 Å². The highest BCUT2D eigenvalue weighted by molar-refractivity contribution is 4.80. The molecule has 2 atom stereocenters. The van der Waals surface area contributed by atoms with Crippen LogP contribution < -0.4 is 0 Å². The predicted octanol–water partition coefficient (Wildman–Crippen LogP) is 3.40. The third-order valence-electron chi connectivity index (χ3n) is 4.26. The van der Waals surface area contributed by atoms with Gasteiger partial charge in [-0.15, -0.1) is 0 Å². The predicted molar refractivity (Wildman–Crippen MR) is 65.5 cm³/mol. The molecule has 2 heteroatoms. The molecule has 0 bridgehead atoms. The van der Waals surface area contributed by atoms with Crippen molar-refractivity contribution in [2.45, 2.75) is 64.6 Å². The lowest BCUT2D eigenvalue weighted by molar-refractivity contribution is -0.105. The second-order valence-corrected chi connectivity index (χ2v) is 5.55. The van der Waals surface area contributed by atoms with Crippen molar-refractivity contribution in [3.63, 3.8) is 0 Å². The molecule has 0 radical (unpaired) electrons. The smallest absolute Gasteiger partial charge is 0.0809 e. The minimum Gasteiger partial charge on any atom is -0.376 e. The molecule has 0 N–H and O–H groups in total. The Kier molecular flexibility index (Phi) is 4.66. The van der Waals surface area contributed by atoms with Crippen molar-refractivity contribution >= 4 is 0 Å². The lowest BCUT2D eigenvalue weighted by Crippen LogP contribution is -2.37. The maximum absolute atomic E-state index is 5.99. The molecule has 1 saturated carbocycles. The molecule has 94 valence electrons. The SMILES string of the molecule is CCOC1CCC(C2CCC(C)CC2)OC1. The van der Waals surface area contributed by atoms with Crippen LogP contribution in [0.15, 0.2) is 0 Å². The minimum absolute atomic E-state index is 0.365. The van der Waals surface area contributed by atoms with E-state index in [-0.39, 0.29) is 0 Å². The number of hydrogen-bond acceptors (Lipinski definition) is 2. The van der Waals surface area contributed by atoms with Gasteiger partial charge in [0.25, 0.3) is 0 Å². The van der Waals surface area contributed by atoms with Crippen LogP contribution in [-0.4, -0.2) is 25.4 Å². The summed E-state index contributed by atoms with van der Waals surface area (Å²) < 4.78 is 11.6. The highest BCUT2D eigenvalue weighted by atomic mass is 16.5. The first kappa shape index (κ1) is 12.4. The van der Waals surface area contributed by atoms with Crippen LogP contribution in [0.25, 0.3) is 0 Å². The van der Waals surface area contributed by atoms with Crippen molar-refractivity contribution in [3.05, 3.63) is 0 Å². The van der Waals surface area contributed by atoms with Crippen LogP contribution >= 0.6 is 0 Å². The van der Waals surface area contributed by atoms with Gasteiger partial charge < -0.3 is 9.47 Å². The third kappa shape index (κ3) is 3.21. The highest BCUT2D eigenvalue weighted by Gasteiger charge is 2.30. The van der Waals surface area contributed by atoms with E-state index in [0.29, 0.717) is 12.2 Å². The molecule has 0 aromatic carbocycles. The minimum atomic E-state index is 0.365. The molecule has 2 unspecified atom stereocenters. The quantitative estimate of drug-likeness (QED) is 0.734. The summed E-state index contributed by atoms with van der Waals surface area (Å²) in [6, 6.07) is 0. The molecular formula is C14H26O2. The summed E-state index contributed by atoms with van der Waals surface area (Å²) in [6.07, 6.45) is 8.87. The van der Waals surface area contributed by atoms with Crippen LogP contribution in [-0.2, 0) is 9.47 Å². The van der Waals surface area contributed by atoms with Gasteiger partial charge in [-0.3, -0.25) is 0 Å². The van der Waals surface area contributed by atoms with Gasteiger partial charge in [-0.25, -0.2) is 0 Å². The molecule has 2 aliphatic rings. The topological polar surface area (TPSA) is 18.5 Å². The molecule has 16 heavy (non-hydrogen) atoms. The Morgan fingerprint density at radius 2 is 1.81 bits per heavy atom. The summed E-state index contributed by atoms with van der Waals surface area (Å²) in [5.74, 6) is 1.77. The first-order chi connectivity index (χ1) is 7.79. The standard InChI is InChI=1S/C14H26O2/c1-3-15-13-8-9-14(16-10-13)12-6-4-11(2)5-7-12/h11-14H,3-10H2,1-2H3. The molecule has 2 fully saturated rings. The van der Waals surface area contributed by atoms with E-state index in [1.165, 1.54) is 38.5 Å². The van der Waals surface area contributed by atoms with E-state index in [1.54, 1.807) is 0 Å². The van der Waals surface area contributed by atoms with Gasteiger partial charge in [-0.2, -0.15) is 0 Å². The van der Waals surface area contributed by atoms with E-state index in [0.717, 1.165) is 25.0 Å². The Labute approximate surface area is 99.7 Å². The van der Waals surface area contributed by atoms with Crippen LogP contribution in [0.3, 0.4) is 0 Å². The first-order valence-corrected chi connectivity index (χ1v) is 7.02. The number of rotatable bonds is 3. The summed E-state index contributed by atoms with van der Waals surface area (Å²) in [6.45, 7) is 6.09. The summed E-state index contributed by atoms with van der Waals surface area (Å²) >= 11 is 0. The molecule has 2 rings (SSSR count). The fourth-order valence-electron chi connectivity index (χ4n) is 3.14. The monoisotopic (exact) mass is 226 g/mol. The maximum Gasteiger partial charge on any atom is 0.0809 e. The average molecular weight is 226 g/mol. The van der Waals surface area contributed by atoms with Gasteiger partial charge in [0.05, 0.1) is 18.8 Å². The van der Waals surface area contributed by atoms with Crippen LogP contribution in [0.2, 0.25) is 0 Å². The van der Waals surface area contributed by atoms with Crippen molar-refractivity contribution in [2.24, 2.45) is 11.8 Å². The molecule has 1 saturated heterocycles. The van der Waals surface area contributed by atoms with Gasteiger partial charge in [0.15, 0.2) is 0 Å². The average Bonchev–Trinajstić information content (AvgIpc) is 2.32. The largest absolute Gasteiger partial charge is 0.376 e. The van der Waals surface area contributed by atoms with Crippen LogP contribution in [0.4, 0.5) is 0 Å². The summed E-state index contributed by atoms with van der Waals surface area (Å²) in [5, 5.41) is 0. The highest BCUT2D eigenvalue weighted by Crippen LogP contribution is 2.34.